The predicted molar refractivity (Wildman–Crippen MR) is 55.7 cm³/mol. The summed E-state index contributed by atoms with van der Waals surface area (Å²) >= 11 is 0. The number of rotatable bonds is 5. The van der Waals surface area contributed by atoms with E-state index in [0.717, 1.165) is 6.42 Å². The minimum atomic E-state index is -0.448. The Morgan fingerprint density at radius 1 is 1.14 bits per heavy atom. The summed E-state index contributed by atoms with van der Waals surface area (Å²) in [6.45, 7) is 7.92. The molecule has 0 saturated carbocycles. The summed E-state index contributed by atoms with van der Waals surface area (Å²) in [7, 11) is 0. The fourth-order valence-corrected chi connectivity index (χ4v) is 0.847. The molecule has 1 atom stereocenters. The summed E-state index contributed by atoms with van der Waals surface area (Å²) in [4.78, 5) is 22.6. The molecule has 0 rings (SSSR count). The number of amides is 2. The fourth-order valence-electron chi connectivity index (χ4n) is 0.847. The zero-order valence-corrected chi connectivity index (χ0v) is 9.39. The first-order valence-electron chi connectivity index (χ1n) is 5.07. The quantitative estimate of drug-likeness (QED) is 0.685. The zero-order valence-electron chi connectivity index (χ0n) is 9.39. The largest absolute Gasteiger partial charge is 0.354 e. The van der Waals surface area contributed by atoms with E-state index in [2.05, 4.69) is 10.6 Å². The molecule has 4 heteroatoms. The van der Waals surface area contributed by atoms with Gasteiger partial charge in [-0.1, -0.05) is 20.8 Å². The Morgan fingerprint density at radius 2 is 1.71 bits per heavy atom. The van der Waals surface area contributed by atoms with Crippen LogP contribution in [-0.2, 0) is 9.59 Å². The van der Waals surface area contributed by atoms with Gasteiger partial charge in [0.05, 0.1) is 0 Å². The van der Waals surface area contributed by atoms with Crippen molar-refractivity contribution in [2.75, 3.05) is 6.54 Å². The minimum Gasteiger partial charge on any atom is -0.354 e. The monoisotopic (exact) mass is 200 g/mol. The molecule has 0 fully saturated rings. The van der Waals surface area contributed by atoms with E-state index in [9.17, 15) is 9.59 Å². The Hall–Kier alpha value is -1.06. The Labute approximate surface area is 85.4 Å². The highest BCUT2D eigenvalue weighted by molar-refractivity contribution is 5.87. The minimum absolute atomic E-state index is 0.0866. The summed E-state index contributed by atoms with van der Waals surface area (Å²) in [6.07, 6.45) is 0.899. The van der Waals surface area contributed by atoms with Gasteiger partial charge in [-0.05, 0) is 13.3 Å². The van der Waals surface area contributed by atoms with Crippen LogP contribution in [0.4, 0.5) is 0 Å². The molecule has 1 unspecified atom stereocenters. The molecule has 0 aromatic rings. The van der Waals surface area contributed by atoms with Crippen molar-refractivity contribution in [3.63, 3.8) is 0 Å². The summed E-state index contributed by atoms with van der Waals surface area (Å²) in [6, 6.07) is -0.448. The Morgan fingerprint density at radius 3 is 2.14 bits per heavy atom. The molecule has 82 valence electrons. The van der Waals surface area contributed by atoms with Crippen LogP contribution in [0.25, 0.3) is 0 Å². The highest BCUT2D eigenvalue weighted by Gasteiger charge is 2.16. The van der Waals surface area contributed by atoms with Crippen LogP contribution in [-0.4, -0.2) is 24.4 Å². The standard InChI is InChI=1S/C10H20N2O2/c1-5-6-11-10(14)8(4)12-9(13)7(2)3/h7-8H,5-6H2,1-4H3,(H,11,14)(H,12,13). The second-order valence-electron chi connectivity index (χ2n) is 3.68. The maximum Gasteiger partial charge on any atom is 0.242 e. The molecule has 0 radical (unpaired) electrons. The number of carbonyl (C=O) groups is 2. The van der Waals surface area contributed by atoms with Crippen molar-refractivity contribution in [1.29, 1.82) is 0 Å². The van der Waals surface area contributed by atoms with Gasteiger partial charge < -0.3 is 10.6 Å². The molecular weight excluding hydrogens is 180 g/mol. The van der Waals surface area contributed by atoms with E-state index in [-0.39, 0.29) is 17.7 Å². The van der Waals surface area contributed by atoms with Gasteiger partial charge in [0, 0.05) is 12.5 Å². The van der Waals surface area contributed by atoms with E-state index in [0.29, 0.717) is 6.54 Å². The number of hydrogen-bond donors (Lipinski definition) is 2. The molecule has 0 aliphatic rings. The third-order valence-electron chi connectivity index (χ3n) is 1.83. The first kappa shape index (κ1) is 12.9. The second kappa shape index (κ2) is 6.40. The van der Waals surface area contributed by atoms with E-state index < -0.39 is 6.04 Å². The first-order valence-corrected chi connectivity index (χ1v) is 5.07. The smallest absolute Gasteiger partial charge is 0.242 e. The van der Waals surface area contributed by atoms with Crippen LogP contribution < -0.4 is 10.6 Å². The van der Waals surface area contributed by atoms with Gasteiger partial charge in [-0.2, -0.15) is 0 Å². The third-order valence-corrected chi connectivity index (χ3v) is 1.83. The lowest BCUT2D eigenvalue weighted by Gasteiger charge is -2.15. The lowest BCUT2D eigenvalue weighted by molar-refractivity contribution is -0.130. The van der Waals surface area contributed by atoms with Crippen LogP contribution in [0, 0.1) is 5.92 Å². The van der Waals surface area contributed by atoms with Crippen LogP contribution in [0.15, 0.2) is 0 Å². The van der Waals surface area contributed by atoms with Crippen molar-refractivity contribution in [1.82, 2.24) is 10.6 Å². The molecule has 0 saturated heterocycles. The predicted octanol–water partition coefficient (Wildman–Crippen LogP) is 0.673. The van der Waals surface area contributed by atoms with E-state index in [1.54, 1.807) is 20.8 Å². The van der Waals surface area contributed by atoms with E-state index in [1.807, 2.05) is 6.92 Å². The summed E-state index contributed by atoms with van der Waals surface area (Å²) < 4.78 is 0. The number of nitrogens with one attached hydrogen (secondary N) is 2. The second-order valence-corrected chi connectivity index (χ2v) is 3.68. The number of hydrogen-bond acceptors (Lipinski definition) is 2. The Bertz CT molecular complexity index is 202. The van der Waals surface area contributed by atoms with E-state index in [1.165, 1.54) is 0 Å². The molecule has 2 N–H and O–H groups in total. The average molecular weight is 200 g/mol. The molecular formula is C10H20N2O2. The lowest BCUT2D eigenvalue weighted by atomic mass is 10.2. The SMILES string of the molecule is CCCNC(=O)C(C)NC(=O)C(C)C. The first-order chi connectivity index (χ1) is 6.49. The van der Waals surface area contributed by atoms with Crippen molar-refractivity contribution >= 4 is 11.8 Å². The van der Waals surface area contributed by atoms with Gasteiger partial charge in [-0.3, -0.25) is 9.59 Å². The van der Waals surface area contributed by atoms with Gasteiger partial charge in [0.25, 0.3) is 0 Å². The van der Waals surface area contributed by atoms with Gasteiger partial charge in [0.1, 0.15) is 6.04 Å². The Balaban J connectivity index is 3.89. The number of carbonyl (C=O) groups excluding carboxylic acids is 2. The van der Waals surface area contributed by atoms with Gasteiger partial charge in [0.2, 0.25) is 11.8 Å². The Kier molecular flexibility index (Phi) is 5.92. The normalized spacial score (nSPS) is 12.4. The molecule has 0 aromatic carbocycles. The van der Waals surface area contributed by atoms with Gasteiger partial charge in [0.15, 0.2) is 0 Å². The zero-order chi connectivity index (χ0) is 11.1. The van der Waals surface area contributed by atoms with Crippen LogP contribution in [0.2, 0.25) is 0 Å². The van der Waals surface area contributed by atoms with Crippen LogP contribution in [0.5, 0.6) is 0 Å². The average Bonchev–Trinajstić information content (AvgIpc) is 2.13. The molecule has 4 nitrogen and oxygen atoms in total. The molecule has 0 heterocycles. The highest BCUT2D eigenvalue weighted by Crippen LogP contribution is 1.92. The van der Waals surface area contributed by atoms with Gasteiger partial charge in [-0.25, -0.2) is 0 Å². The maximum absolute atomic E-state index is 11.3. The summed E-state index contributed by atoms with van der Waals surface area (Å²) in [5.41, 5.74) is 0. The van der Waals surface area contributed by atoms with Gasteiger partial charge >= 0.3 is 0 Å². The van der Waals surface area contributed by atoms with Crippen molar-refractivity contribution in [3.8, 4) is 0 Å². The van der Waals surface area contributed by atoms with Crippen LogP contribution in [0.1, 0.15) is 34.1 Å². The molecule has 0 aliphatic heterocycles. The molecule has 0 bridgehead atoms. The molecule has 0 spiro atoms. The van der Waals surface area contributed by atoms with Crippen LogP contribution in [0.3, 0.4) is 0 Å². The molecule has 14 heavy (non-hydrogen) atoms. The molecule has 0 aromatic heterocycles. The molecule has 2 amide bonds. The van der Waals surface area contributed by atoms with Crippen molar-refractivity contribution in [2.45, 2.75) is 40.2 Å². The highest BCUT2D eigenvalue weighted by atomic mass is 16.2. The van der Waals surface area contributed by atoms with Crippen LogP contribution >= 0.6 is 0 Å². The third kappa shape index (κ3) is 4.84. The van der Waals surface area contributed by atoms with E-state index in [4.69, 9.17) is 0 Å². The summed E-state index contributed by atoms with van der Waals surface area (Å²) in [5.74, 6) is -0.304. The lowest BCUT2D eigenvalue weighted by Crippen LogP contribution is -2.46. The maximum atomic E-state index is 11.3. The fraction of sp³-hybridized carbons (Fsp3) is 0.800. The van der Waals surface area contributed by atoms with Crippen molar-refractivity contribution in [3.05, 3.63) is 0 Å². The van der Waals surface area contributed by atoms with Gasteiger partial charge in [-0.15, -0.1) is 0 Å². The van der Waals surface area contributed by atoms with E-state index >= 15 is 0 Å². The van der Waals surface area contributed by atoms with Crippen molar-refractivity contribution < 1.29 is 9.59 Å². The molecule has 0 aliphatic carbocycles. The van der Waals surface area contributed by atoms with Crippen molar-refractivity contribution in [2.24, 2.45) is 5.92 Å². The summed E-state index contributed by atoms with van der Waals surface area (Å²) in [5, 5.41) is 5.36. The topological polar surface area (TPSA) is 58.2 Å².